The van der Waals surface area contributed by atoms with Crippen molar-refractivity contribution in [1.29, 1.82) is 0 Å². The number of ether oxygens (including phenoxy) is 2. The normalized spacial score (nSPS) is 17.1. The molecule has 0 spiro atoms. The minimum Gasteiger partial charge on any atom is -0.407 e. The van der Waals surface area contributed by atoms with E-state index in [0.29, 0.717) is 17.1 Å². The van der Waals surface area contributed by atoms with Crippen LogP contribution in [0.25, 0.3) is 0 Å². The quantitative estimate of drug-likeness (QED) is 0.389. The number of nitrogens with one attached hydrogen (secondary N) is 3. The molecule has 1 atom stereocenters. The van der Waals surface area contributed by atoms with Gasteiger partial charge in [-0.25, -0.2) is 14.8 Å². The Morgan fingerprint density at radius 1 is 1.13 bits per heavy atom. The molecule has 0 bridgehead atoms. The molecule has 2 aromatic carbocycles. The monoisotopic (exact) mass is 549 g/mol. The van der Waals surface area contributed by atoms with E-state index in [2.05, 4.69) is 25.9 Å². The van der Waals surface area contributed by atoms with E-state index in [-0.39, 0.29) is 42.6 Å². The fraction of sp³-hybridized carbons (Fsp3) is 0.280. The fourth-order valence-corrected chi connectivity index (χ4v) is 3.91. The van der Waals surface area contributed by atoms with Crippen LogP contribution >= 0.6 is 11.6 Å². The van der Waals surface area contributed by atoms with Crippen LogP contribution in [-0.2, 0) is 22.3 Å². The van der Waals surface area contributed by atoms with Gasteiger partial charge in [0.1, 0.15) is 11.4 Å². The lowest BCUT2D eigenvalue weighted by atomic mass is 9.97. The zero-order valence-corrected chi connectivity index (χ0v) is 20.8. The Bertz CT molecular complexity index is 1300. The Balaban J connectivity index is 1.36. The van der Waals surface area contributed by atoms with Gasteiger partial charge >= 0.3 is 12.3 Å². The van der Waals surface area contributed by atoms with Crippen LogP contribution in [0.2, 0.25) is 5.02 Å². The minimum absolute atomic E-state index is 0.0219. The number of halogens is 4. The van der Waals surface area contributed by atoms with Crippen molar-refractivity contribution in [1.82, 2.24) is 20.6 Å². The van der Waals surface area contributed by atoms with Crippen molar-refractivity contribution in [2.75, 3.05) is 18.5 Å². The molecule has 4 rings (SSSR count). The van der Waals surface area contributed by atoms with Crippen molar-refractivity contribution < 1.29 is 32.2 Å². The molecule has 2 heterocycles. The van der Waals surface area contributed by atoms with Gasteiger partial charge in [-0.05, 0) is 42.8 Å². The highest BCUT2D eigenvalue weighted by Gasteiger charge is 2.44. The molecule has 3 N–H and O–H groups in total. The van der Waals surface area contributed by atoms with Gasteiger partial charge in [0.15, 0.2) is 5.75 Å². The second-order valence-corrected chi connectivity index (χ2v) is 8.99. The molecule has 2 amide bonds. The van der Waals surface area contributed by atoms with Crippen LogP contribution in [0.3, 0.4) is 0 Å². The molecule has 13 heteroatoms. The smallest absolute Gasteiger partial charge is 0.407 e. The second-order valence-electron chi connectivity index (χ2n) is 8.56. The number of hydrogen-bond acceptors (Lipinski definition) is 7. The number of hydrogen-bond donors (Lipinski definition) is 3. The van der Waals surface area contributed by atoms with E-state index >= 15 is 0 Å². The maximum atomic E-state index is 13.3. The van der Waals surface area contributed by atoms with Crippen molar-refractivity contribution >= 4 is 35.0 Å². The van der Waals surface area contributed by atoms with Crippen LogP contribution in [0.4, 0.5) is 29.3 Å². The molecule has 200 valence electrons. The van der Waals surface area contributed by atoms with E-state index in [1.165, 1.54) is 24.5 Å². The predicted octanol–water partition coefficient (Wildman–Crippen LogP) is 4.76. The third kappa shape index (κ3) is 6.69. The topological polar surface area (TPSA) is 114 Å². The predicted molar refractivity (Wildman–Crippen MR) is 132 cm³/mol. The Kier molecular flexibility index (Phi) is 8.02. The molecule has 0 saturated carbocycles. The van der Waals surface area contributed by atoms with Gasteiger partial charge in [-0.3, -0.25) is 4.79 Å². The van der Waals surface area contributed by atoms with E-state index in [9.17, 15) is 22.8 Å². The number of carbonyl (C=O) groups excluding carboxylic acids is 2. The highest BCUT2D eigenvalue weighted by atomic mass is 35.5. The third-order valence-electron chi connectivity index (χ3n) is 5.74. The minimum atomic E-state index is -4.58. The van der Waals surface area contributed by atoms with Crippen LogP contribution in [0.5, 0.6) is 5.75 Å². The average molecular weight is 550 g/mol. The van der Waals surface area contributed by atoms with Gasteiger partial charge in [0.05, 0.1) is 30.3 Å². The molecule has 1 saturated heterocycles. The van der Waals surface area contributed by atoms with Crippen molar-refractivity contribution in [3.05, 3.63) is 76.8 Å². The first kappa shape index (κ1) is 27.1. The van der Waals surface area contributed by atoms with Gasteiger partial charge in [0.2, 0.25) is 5.91 Å². The summed E-state index contributed by atoms with van der Waals surface area (Å²) < 4.78 is 50.6. The highest BCUT2D eigenvalue weighted by Crippen LogP contribution is 2.37. The van der Waals surface area contributed by atoms with Crippen LogP contribution in [0.1, 0.15) is 23.4 Å². The van der Waals surface area contributed by atoms with Gasteiger partial charge in [-0.15, -0.1) is 0 Å². The maximum Gasteiger partial charge on any atom is 0.418 e. The second kappa shape index (κ2) is 11.2. The number of benzene rings is 2. The van der Waals surface area contributed by atoms with Crippen LogP contribution in [-0.4, -0.2) is 40.7 Å². The summed E-state index contributed by atoms with van der Waals surface area (Å²) in [5.41, 5.74) is -1.25. The van der Waals surface area contributed by atoms with E-state index in [1.807, 2.05) is 0 Å². The lowest BCUT2D eigenvalue weighted by molar-refractivity contribution is -0.137. The fourth-order valence-electron chi connectivity index (χ4n) is 3.73. The Hall–Kier alpha value is -3.90. The molecule has 1 fully saturated rings. The summed E-state index contributed by atoms with van der Waals surface area (Å²) in [6.07, 6.45) is -2.51. The summed E-state index contributed by atoms with van der Waals surface area (Å²) in [5, 5.41) is 8.07. The zero-order valence-electron chi connectivity index (χ0n) is 20.1. The van der Waals surface area contributed by atoms with E-state index in [4.69, 9.17) is 21.1 Å². The van der Waals surface area contributed by atoms with Gasteiger partial charge < -0.3 is 25.4 Å². The number of nitrogens with zero attached hydrogens (tertiary/aromatic N) is 2. The van der Waals surface area contributed by atoms with Gasteiger partial charge in [0.25, 0.3) is 0 Å². The van der Waals surface area contributed by atoms with Crippen molar-refractivity contribution in [2.24, 2.45) is 0 Å². The molecule has 1 aromatic heterocycles. The first-order valence-corrected chi connectivity index (χ1v) is 11.8. The molecular formula is C25H23ClF3N5O4. The summed E-state index contributed by atoms with van der Waals surface area (Å²) >= 11 is 5.73. The summed E-state index contributed by atoms with van der Waals surface area (Å²) in [6.45, 7) is 2.03. The SMILES string of the molecule is Cc1ncc(OC(=O)N[C@@]2(C(=O)NCc3ccc(Nc4ccc(Cl)cc4C(F)(F)F)cc3)CCOC2)cn1. The third-order valence-corrected chi connectivity index (χ3v) is 5.97. The Morgan fingerprint density at radius 2 is 1.84 bits per heavy atom. The van der Waals surface area contributed by atoms with Gasteiger partial charge in [-0.2, -0.15) is 13.2 Å². The maximum absolute atomic E-state index is 13.3. The zero-order chi connectivity index (χ0) is 27.3. The number of carbonyl (C=O) groups is 2. The lowest BCUT2D eigenvalue weighted by Gasteiger charge is -2.27. The molecule has 0 unspecified atom stereocenters. The van der Waals surface area contributed by atoms with Crippen molar-refractivity contribution in [3.63, 3.8) is 0 Å². The van der Waals surface area contributed by atoms with Gasteiger partial charge in [-0.1, -0.05) is 23.7 Å². The highest BCUT2D eigenvalue weighted by molar-refractivity contribution is 6.30. The number of anilines is 2. The molecule has 0 aliphatic carbocycles. The standard InChI is InChI=1S/C25H23ClF3N5O4/c1-15-30-12-19(13-31-15)38-23(36)34-24(8-9-37-14-24)22(35)32-11-16-2-5-18(6-3-16)33-21-7-4-17(26)10-20(21)25(27,28)29/h2-7,10,12-13,33H,8-9,11,14H2,1H3,(H,32,35)(H,34,36)/t24-/m0/s1. The lowest BCUT2D eigenvalue weighted by Crippen LogP contribution is -2.59. The Labute approximate surface area is 220 Å². The van der Waals surface area contributed by atoms with Gasteiger partial charge in [0, 0.05) is 30.3 Å². The molecule has 38 heavy (non-hydrogen) atoms. The van der Waals surface area contributed by atoms with Crippen molar-refractivity contribution in [3.8, 4) is 5.75 Å². The average Bonchev–Trinajstić information content (AvgIpc) is 3.35. The first-order valence-electron chi connectivity index (χ1n) is 11.4. The number of aryl methyl sites for hydroxylation is 1. The summed E-state index contributed by atoms with van der Waals surface area (Å²) in [7, 11) is 0. The number of aromatic nitrogens is 2. The largest absolute Gasteiger partial charge is 0.418 e. The van der Waals surface area contributed by atoms with Crippen LogP contribution in [0, 0.1) is 6.92 Å². The first-order chi connectivity index (χ1) is 18.0. The molecular weight excluding hydrogens is 527 g/mol. The summed E-state index contributed by atoms with van der Waals surface area (Å²) in [5.74, 6) is 0.167. The number of rotatable bonds is 7. The molecule has 3 aromatic rings. The Morgan fingerprint density at radius 3 is 2.47 bits per heavy atom. The number of alkyl halides is 3. The molecule has 9 nitrogen and oxygen atoms in total. The van der Waals surface area contributed by atoms with Crippen molar-refractivity contribution in [2.45, 2.75) is 31.6 Å². The van der Waals surface area contributed by atoms with Crippen LogP contribution < -0.4 is 20.7 Å². The van der Waals surface area contributed by atoms with Crippen LogP contribution in [0.15, 0.2) is 54.9 Å². The number of amides is 2. The molecule has 0 radical (unpaired) electrons. The summed E-state index contributed by atoms with van der Waals surface area (Å²) in [4.78, 5) is 33.3. The van der Waals surface area contributed by atoms with E-state index < -0.39 is 29.3 Å². The molecule has 1 aliphatic rings. The van der Waals surface area contributed by atoms with E-state index in [0.717, 1.165) is 6.07 Å². The van der Waals surface area contributed by atoms with E-state index in [1.54, 1.807) is 31.2 Å². The summed E-state index contributed by atoms with van der Waals surface area (Å²) in [6, 6.07) is 9.96. The molecule has 1 aliphatic heterocycles.